The van der Waals surface area contributed by atoms with E-state index >= 15 is 0 Å². The number of aryl methyl sites for hydroxylation is 1. The quantitative estimate of drug-likeness (QED) is 0.722. The van der Waals surface area contributed by atoms with Crippen molar-refractivity contribution in [2.75, 3.05) is 0 Å². The maximum absolute atomic E-state index is 12.2. The van der Waals surface area contributed by atoms with Crippen LogP contribution in [0.5, 0.6) is 0 Å². The first-order valence-corrected chi connectivity index (χ1v) is 8.55. The Hall–Kier alpha value is -2.44. The molecule has 5 nitrogen and oxygen atoms in total. The molecule has 0 aliphatic carbocycles. The number of amides is 1. The topological polar surface area (TPSA) is 75.4 Å². The molecule has 1 amide bonds. The minimum atomic E-state index is -0.129. The molecule has 124 valence electrons. The lowest BCUT2D eigenvalue weighted by atomic mass is 10.1. The third-order valence-electron chi connectivity index (χ3n) is 3.75. The molecule has 6 heteroatoms. The summed E-state index contributed by atoms with van der Waals surface area (Å²) in [5.41, 5.74) is 3.29. The van der Waals surface area contributed by atoms with Gasteiger partial charge in [0.25, 0.3) is 0 Å². The van der Waals surface area contributed by atoms with Crippen molar-refractivity contribution in [3.05, 3.63) is 63.7 Å². The number of carbonyl (C=O) groups excluding carboxylic acids is 1. The second-order valence-corrected chi connectivity index (χ2v) is 6.19. The summed E-state index contributed by atoms with van der Waals surface area (Å²) in [6.45, 7) is 2.15. The number of oxazole rings is 1. The zero-order valence-electron chi connectivity index (χ0n) is 13.3. The normalized spacial score (nSPS) is 10.8. The van der Waals surface area contributed by atoms with E-state index in [1.165, 1.54) is 0 Å². The number of aromatic nitrogens is 1. The Bertz CT molecular complexity index is 825. The van der Waals surface area contributed by atoms with Crippen LogP contribution in [0.15, 0.2) is 45.5 Å². The number of hydrogen-bond acceptors (Lipinski definition) is 5. The van der Waals surface area contributed by atoms with Gasteiger partial charge in [-0.1, -0.05) is 24.3 Å². The number of nitrogens with one attached hydrogen (secondary N) is 1. The van der Waals surface area contributed by atoms with E-state index < -0.39 is 0 Å². The van der Waals surface area contributed by atoms with E-state index in [0.717, 1.165) is 16.7 Å². The van der Waals surface area contributed by atoms with Crippen LogP contribution < -0.4 is 5.32 Å². The van der Waals surface area contributed by atoms with Crippen LogP contribution in [-0.4, -0.2) is 16.0 Å². The van der Waals surface area contributed by atoms with Crippen LogP contribution in [0.1, 0.15) is 22.6 Å². The molecule has 0 aliphatic rings. The second-order valence-electron chi connectivity index (χ2n) is 5.41. The molecular formula is C18H18N2O3S. The average Bonchev–Trinajstić information content (AvgIpc) is 3.23. The fourth-order valence-corrected chi connectivity index (χ4v) is 3.02. The van der Waals surface area contributed by atoms with Crippen molar-refractivity contribution in [1.29, 1.82) is 0 Å². The van der Waals surface area contributed by atoms with Gasteiger partial charge in [0.1, 0.15) is 5.76 Å². The Morgan fingerprint density at radius 3 is 2.79 bits per heavy atom. The number of carbonyl (C=O) groups is 1. The van der Waals surface area contributed by atoms with E-state index in [2.05, 4.69) is 10.3 Å². The largest absolute Gasteiger partial charge is 0.441 e. The molecular weight excluding hydrogens is 324 g/mol. The molecule has 0 atom stereocenters. The summed E-state index contributed by atoms with van der Waals surface area (Å²) in [6, 6.07) is 9.42. The SMILES string of the molecule is Cc1oc(-c2ccsc2)nc1CC(=O)NCc1ccccc1CO. The van der Waals surface area contributed by atoms with Gasteiger partial charge in [-0.25, -0.2) is 4.98 Å². The standard InChI is InChI=1S/C18H18N2O3S/c1-12-16(20-18(23-12)15-6-7-24-11-15)8-17(22)19-9-13-4-2-3-5-14(13)10-21/h2-7,11,21H,8-10H2,1H3,(H,19,22). The lowest BCUT2D eigenvalue weighted by Crippen LogP contribution is -2.25. The van der Waals surface area contributed by atoms with Crippen LogP contribution in [0.3, 0.4) is 0 Å². The summed E-state index contributed by atoms with van der Waals surface area (Å²) >= 11 is 1.57. The summed E-state index contributed by atoms with van der Waals surface area (Å²) in [7, 11) is 0. The van der Waals surface area contributed by atoms with Crippen LogP contribution in [0.25, 0.3) is 11.5 Å². The molecule has 24 heavy (non-hydrogen) atoms. The lowest BCUT2D eigenvalue weighted by molar-refractivity contribution is -0.120. The van der Waals surface area contributed by atoms with Gasteiger partial charge < -0.3 is 14.8 Å². The average molecular weight is 342 g/mol. The smallest absolute Gasteiger partial charge is 0.227 e. The zero-order valence-corrected chi connectivity index (χ0v) is 14.1. The molecule has 0 spiro atoms. The second kappa shape index (κ2) is 7.42. The van der Waals surface area contributed by atoms with Gasteiger partial charge in [0, 0.05) is 17.5 Å². The van der Waals surface area contributed by atoms with E-state index in [1.54, 1.807) is 11.3 Å². The predicted octanol–water partition coefficient (Wildman–Crippen LogP) is 3.06. The summed E-state index contributed by atoms with van der Waals surface area (Å²) in [5, 5.41) is 16.1. The zero-order chi connectivity index (χ0) is 16.9. The van der Waals surface area contributed by atoms with E-state index in [1.807, 2.05) is 48.0 Å². The number of nitrogens with zero attached hydrogens (tertiary/aromatic N) is 1. The number of hydrogen-bond donors (Lipinski definition) is 2. The van der Waals surface area contributed by atoms with E-state index in [0.29, 0.717) is 23.9 Å². The van der Waals surface area contributed by atoms with Crippen molar-refractivity contribution in [2.24, 2.45) is 0 Å². The Morgan fingerprint density at radius 2 is 2.08 bits per heavy atom. The minimum Gasteiger partial charge on any atom is -0.441 e. The highest BCUT2D eigenvalue weighted by atomic mass is 32.1. The van der Waals surface area contributed by atoms with Gasteiger partial charge in [-0.05, 0) is 29.5 Å². The molecule has 0 bridgehead atoms. The monoisotopic (exact) mass is 342 g/mol. The highest BCUT2D eigenvalue weighted by molar-refractivity contribution is 7.08. The first-order chi connectivity index (χ1) is 11.7. The minimum absolute atomic E-state index is 0.0432. The fourth-order valence-electron chi connectivity index (χ4n) is 2.39. The Kier molecular flexibility index (Phi) is 5.08. The number of thiophene rings is 1. The summed E-state index contributed by atoms with van der Waals surface area (Å²) in [4.78, 5) is 16.6. The molecule has 0 aliphatic heterocycles. The van der Waals surface area contributed by atoms with Gasteiger partial charge in [0.2, 0.25) is 11.8 Å². The number of aliphatic hydroxyl groups excluding tert-OH is 1. The Balaban J connectivity index is 1.63. The van der Waals surface area contributed by atoms with Crippen LogP contribution in [0.2, 0.25) is 0 Å². The predicted molar refractivity (Wildman–Crippen MR) is 92.5 cm³/mol. The molecule has 0 unspecified atom stereocenters. The number of rotatable bonds is 6. The van der Waals surface area contributed by atoms with Crippen LogP contribution >= 0.6 is 11.3 Å². The maximum Gasteiger partial charge on any atom is 0.227 e. The number of benzene rings is 1. The molecule has 1 aromatic carbocycles. The summed E-state index contributed by atoms with van der Waals surface area (Å²) < 4.78 is 5.64. The van der Waals surface area contributed by atoms with E-state index in [4.69, 9.17) is 4.42 Å². The Morgan fingerprint density at radius 1 is 1.29 bits per heavy atom. The van der Waals surface area contributed by atoms with Gasteiger partial charge in [-0.2, -0.15) is 11.3 Å². The van der Waals surface area contributed by atoms with Crippen molar-refractivity contribution in [3.8, 4) is 11.5 Å². The first-order valence-electron chi connectivity index (χ1n) is 7.60. The fraction of sp³-hybridized carbons (Fsp3) is 0.222. The van der Waals surface area contributed by atoms with Gasteiger partial charge in [0.15, 0.2) is 0 Å². The summed E-state index contributed by atoms with van der Waals surface area (Å²) in [6.07, 6.45) is 0.167. The molecule has 0 fully saturated rings. The van der Waals surface area contributed by atoms with Crippen molar-refractivity contribution in [3.63, 3.8) is 0 Å². The lowest BCUT2D eigenvalue weighted by Gasteiger charge is -2.08. The van der Waals surface area contributed by atoms with Gasteiger partial charge >= 0.3 is 0 Å². The van der Waals surface area contributed by atoms with Crippen molar-refractivity contribution < 1.29 is 14.3 Å². The van der Waals surface area contributed by atoms with Crippen molar-refractivity contribution in [1.82, 2.24) is 10.3 Å². The molecule has 0 saturated heterocycles. The van der Waals surface area contributed by atoms with Crippen LogP contribution in [-0.2, 0) is 24.4 Å². The molecule has 0 saturated carbocycles. The summed E-state index contributed by atoms with van der Waals surface area (Å²) in [5.74, 6) is 1.07. The molecule has 0 radical (unpaired) electrons. The Labute approximate surface area is 144 Å². The highest BCUT2D eigenvalue weighted by Gasteiger charge is 2.15. The molecule has 3 aromatic rings. The number of aliphatic hydroxyl groups is 1. The van der Waals surface area contributed by atoms with E-state index in [9.17, 15) is 9.90 Å². The molecule has 2 heterocycles. The van der Waals surface area contributed by atoms with Gasteiger partial charge in [-0.3, -0.25) is 4.79 Å². The van der Waals surface area contributed by atoms with Gasteiger partial charge in [-0.15, -0.1) is 0 Å². The maximum atomic E-state index is 12.2. The van der Waals surface area contributed by atoms with Crippen molar-refractivity contribution in [2.45, 2.75) is 26.5 Å². The third kappa shape index (κ3) is 3.72. The van der Waals surface area contributed by atoms with Crippen LogP contribution in [0.4, 0.5) is 0 Å². The van der Waals surface area contributed by atoms with Gasteiger partial charge in [0.05, 0.1) is 18.7 Å². The molecule has 2 aromatic heterocycles. The van der Waals surface area contributed by atoms with E-state index in [-0.39, 0.29) is 18.9 Å². The van der Waals surface area contributed by atoms with Crippen LogP contribution in [0, 0.1) is 6.92 Å². The third-order valence-corrected chi connectivity index (χ3v) is 4.44. The highest BCUT2D eigenvalue weighted by Crippen LogP contribution is 2.24. The molecule has 3 rings (SSSR count). The van der Waals surface area contributed by atoms with Crippen molar-refractivity contribution >= 4 is 17.2 Å². The first kappa shape index (κ1) is 16.4. The molecule has 2 N–H and O–H groups in total.